The minimum atomic E-state index is -0.783. The van der Waals surface area contributed by atoms with Crippen LogP contribution in [0.3, 0.4) is 0 Å². The van der Waals surface area contributed by atoms with Gasteiger partial charge in [0.1, 0.15) is 0 Å². The molecule has 1 aliphatic carbocycles. The molecule has 0 saturated heterocycles. The third-order valence-corrected chi connectivity index (χ3v) is 3.23. The number of halogens is 1. The summed E-state index contributed by atoms with van der Waals surface area (Å²) in [5.41, 5.74) is 3.09. The second-order valence-electron chi connectivity index (χ2n) is 4.06. The Morgan fingerprint density at radius 3 is 2.94 bits per heavy atom. The first-order valence-electron chi connectivity index (χ1n) is 5.31. The Morgan fingerprint density at radius 1 is 1.50 bits per heavy atom. The van der Waals surface area contributed by atoms with Gasteiger partial charge in [-0.3, -0.25) is 4.79 Å². The van der Waals surface area contributed by atoms with Gasteiger partial charge >= 0.3 is 5.97 Å². The van der Waals surface area contributed by atoms with Crippen LogP contribution in [-0.4, -0.2) is 11.1 Å². The molecule has 0 aromatic heterocycles. The van der Waals surface area contributed by atoms with Crippen molar-refractivity contribution in [1.29, 1.82) is 0 Å². The minimum absolute atomic E-state index is 0.458. The molecule has 1 aromatic rings. The van der Waals surface area contributed by atoms with E-state index in [9.17, 15) is 4.79 Å². The molecule has 0 fully saturated rings. The Bertz CT molecular complexity index is 463. The smallest absolute Gasteiger partial charge is 0.310 e. The summed E-state index contributed by atoms with van der Waals surface area (Å²) in [5, 5.41) is 9.76. The van der Waals surface area contributed by atoms with Crippen LogP contribution in [0.25, 0.3) is 5.57 Å². The van der Waals surface area contributed by atoms with Crippen molar-refractivity contribution in [3.63, 3.8) is 0 Å². The van der Waals surface area contributed by atoms with Gasteiger partial charge in [-0.25, -0.2) is 0 Å². The lowest BCUT2D eigenvalue weighted by molar-refractivity contribution is -0.139. The molecule has 0 amide bonds. The quantitative estimate of drug-likeness (QED) is 0.855. The fourth-order valence-corrected chi connectivity index (χ4v) is 2.28. The molecule has 1 atom stereocenters. The maximum atomic E-state index is 11.0. The molecular weight excluding hydrogens is 224 g/mol. The molecule has 16 heavy (non-hydrogen) atoms. The van der Waals surface area contributed by atoms with Crippen LogP contribution in [0.2, 0.25) is 5.02 Å². The molecule has 0 aliphatic heterocycles. The van der Waals surface area contributed by atoms with Gasteiger partial charge in [0, 0.05) is 5.02 Å². The highest BCUT2D eigenvalue weighted by Gasteiger charge is 2.22. The van der Waals surface area contributed by atoms with E-state index in [2.05, 4.69) is 0 Å². The van der Waals surface area contributed by atoms with Gasteiger partial charge in [0.15, 0.2) is 0 Å². The molecule has 0 radical (unpaired) electrons. The first-order chi connectivity index (χ1) is 7.59. The number of fused-ring (bicyclic) bond motifs is 1. The highest BCUT2D eigenvalue weighted by molar-refractivity contribution is 6.30. The van der Waals surface area contributed by atoms with Crippen molar-refractivity contribution in [1.82, 2.24) is 0 Å². The van der Waals surface area contributed by atoms with Crippen molar-refractivity contribution in [2.24, 2.45) is 5.92 Å². The van der Waals surface area contributed by atoms with E-state index in [1.165, 1.54) is 0 Å². The predicted molar refractivity (Wildman–Crippen MR) is 64.5 cm³/mol. The predicted octanol–water partition coefficient (Wildman–Crippen LogP) is 3.39. The fraction of sp³-hybridized carbons (Fsp3) is 0.308. The van der Waals surface area contributed by atoms with Crippen LogP contribution >= 0.6 is 11.6 Å². The van der Waals surface area contributed by atoms with Gasteiger partial charge in [-0.05, 0) is 48.6 Å². The fourth-order valence-electron chi connectivity index (χ4n) is 2.09. The number of hydrogen-bond acceptors (Lipinski definition) is 1. The average molecular weight is 237 g/mol. The topological polar surface area (TPSA) is 37.3 Å². The molecule has 0 bridgehead atoms. The summed E-state index contributed by atoms with van der Waals surface area (Å²) in [4.78, 5) is 11.0. The molecule has 2 rings (SSSR count). The zero-order valence-corrected chi connectivity index (χ0v) is 9.79. The Morgan fingerprint density at radius 2 is 2.25 bits per heavy atom. The molecule has 0 saturated carbocycles. The minimum Gasteiger partial charge on any atom is -0.481 e. The zero-order chi connectivity index (χ0) is 11.7. The zero-order valence-electron chi connectivity index (χ0n) is 9.03. The highest BCUT2D eigenvalue weighted by atomic mass is 35.5. The van der Waals surface area contributed by atoms with E-state index in [1.807, 2.05) is 24.3 Å². The number of hydrogen-bond donors (Lipinski definition) is 1. The molecule has 84 valence electrons. The van der Waals surface area contributed by atoms with E-state index in [4.69, 9.17) is 16.7 Å². The van der Waals surface area contributed by atoms with Gasteiger partial charge in [-0.1, -0.05) is 23.7 Å². The van der Waals surface area contributed by atoms with Crippen LogP contribution in [0.15, 0.2) is 24.3 Å². The van der Waals surface area contributed by atoms with Gasteiger partial charge < -0.3 is 5.11 Å². The van der Waals surface area contributed by atoms with Crippen LogP contribution < -0.4 is 0 Å². The number of aryl methyl sites for hydroxylation is 1. The Hall–Kier alpha value is -1.28. The third-order valence-electron chi connectivity index (χ3n) is 2.99. The number of benzene rings is 1. The van der Waals surface area contributed by atoms with Gasteiger partial charge in [-0.2, -0.15) is 0 Å². The molecular formula is C13H13ClO2. The monoisotopic (exact) mass is 236 g/mol. The third kappa shape index (κ3) is 1.98. The molecule has 3 heteroatoms. The first-order valence-corrected chi connectivity index (χ1v) is 5.69. The average Bonchev–Trinajstić information content (AvgIpc) is 2.26. The van der Waals surface area contributed by atoms with Crippen LogP contribution in [0, 0.1) is 5.92 Å². The first kappa shape index (κ1) is 11.2. The Balaban J connectivity index is 2.44. The normalized spacial score (nSPS) is 16.2. The van der Waals surface area contributed by atoms with Crippen molar-refractivity contribution in [2.45, 2.75) is 19.8 Å². The summed E-state index contributed by atoms with van der Waals surface area (Å²) in [6, 6.07) is 5.66. The van der Waals surface area contributed by atoms with E-state index in [1.54, 1.807) is 6.92 Å². The number of carboxylic acids is 1. The van der Waals surface area contributed by atoms with Crippen LogP contribution in [0.5, 0.6) is 0 Å². The maximum Gasteiger partial charge on any atom is 0.310 e. The standard InChI is InChI=1S/C13H13ClO2/c1-8(13(15)16)11-4-2-3-9-7-10(14)5-6-12(9)11/h4-8H,2-3H2,1H3,(H,15,16). The van der Waals surface area contributed by atoms with E-state index in [-0.39, 0.29) is 0 Å². The lowest BCUT2D eigenvalue weighted by Gasteiger charge is -2.20. The second-order valence-corrected chi connectivity index (χ2v) is 4.50. The van der Waals surface area contributed by atoms with E-state index in [0.29, 0.717) is 5.02 Å². The molecule has 0 heterocycles. The molecule has 1 unspecified atom stereocenters. The number of allylic oxidation sites excluding steroid dienone is 1. The number of aliphatic carboxylic acids is 1. The van der Waals surface area contributed by atoms with Crippen molar-refractivity contribution in [2.75, 3.05) is 0 Å². The largest absolute Gasteiger partial charge is 0.481 e. The summed E-state index contributed by atoms with van der Waals surface area (Å²) in [5.74, 6) is -1.24. The molecule has 0 spiro atoms. The summed E-state index contributed by atoms with van der Waals surface area (Å²) in [6.07, 6.45) is 3.85. The Labute approximate surface area is 99.5 Å². The summed E-state index contributed by atoms with van der Waals surface area (Å²) in [7, 11) is 0. The van der Waals surface area contributed by atoms with Gasteiger partial charge in [-0.15, -0.1) is 0 Å². The van der Waals surface area contributed by atoms with Crippen LogP contribution in [-0.2, 0) is 11.2 Å². The lowest BCUT2D eigenvalue weighted by atomic mass is 9.84. The molecule has 1 aromatic carbocycles. The summed E-state index contributed by atoms with van der Waals surface area (Å²) >= 11 is 5.93. The van der Waals surface area contributed by atoms with Gasteiger partial charge in [0.25, 0.3) is 0 Å². The molecule has 1 N–H and O–H groups in total. The van der Waals surface area contributed by atoms with E-state index in [0.717, 1.165) is 29.5 Å². The second kappa shape index (κ2) is 4.30. The molecule has 1 aliphatic rings. The molecule has 2 nitrogen and oxygen atoms in total. The van der Waals surface area contributed by atoms with Gasteiger partial charge in [0.2, 0.25) is 0 Å². The van der Waals surface area contributed by atoms with Crippen molar-refractivity contribution in [3.05, 3.63) is 40.4 Å². The van der Waals surface area contributed by atoms with Crippen LogP contribution in [0.1, 0.15) is 24.5 Å². The Kier molecular flexibility index (Phi) is 3.01. The van der Waals surface area contributed by atoms with E-state index >= 15 is 0 Å². The SMILES string of the molecule is CC(C(=O)O)C1=CCCc2cc(Cl)ccc21. The highest BCUT2D eigenvalue weighted by Crippen LogP contribution is 2.33. The number of carbonyl (C=O) groups is 1. The number of rotatable bonds is 2. The lowest BCUT2D eigenvalue weighted by Crippen LogP contribution is -2.14. The van der Waals surface area contributed by atoms with Crippen LogP contribution in [0.4, 0.5) is 0 Å². The summed E-state index contributed by atoms with van der Waals surface area (Å²) in [6.45, 7) is 1.72. The van der Waals surface area contributed by atoms with E-state index < -0.39 is 11.9 Å². The summed E-state index contributed by atoms with van der Waals surface area (Å²) < 4.78 is 0. The van der Waals surface area contributed by atoms with Crippen molar-refractivity contribution < 1.29 is 9.90 Å². The van der Waals surface area contributed by atoms with Crippen molar-refractivity contribution >= 4 is 23.1 Å². The van der Waals surface area contributed by atoms with Gasteiger partial charge in [0.05, 0.1) is 5.92 Å². The number of carboxylic acid groups (broad SMARTS) is 1. The van der Waals surface area contributed by atoms with Crippen molar-refractivity contribution in [3.8, 4) is 0 Å². The maximum absolute atomic E-state index is 11.0.